The predicted octanol–water partition coefficient (Wildman–Crippen LogP) is -10.7. The molecule has 1 aliphatic heterocycles. The molecule has 1 fully saturated rings. The molecule has 0 aliphatic carbocycles. The van der Waals surface area contributed by atoms with Gasteiger partial charge in [0.15, 0.2) is 0 Å². The molecule has 14 atom stereocenters. The van der Waals surface area contributed by atoms with E-state index in [0.29, 0.717) is 12.3 Å². The number of nitrogens with one attached hydrogen (secondary N) is 11. The van der Waals surface area contributed by atoms with Crippen LogP contribution in [-0.2, 0) is 52.7 Å². The van der Waals surface area contributed by atoms with Crippen LogP contribution in [0.2, 0.25) is 0 Å². The minimum Gasteiger partial charge on any atom is -0.391 e. The molecule has 0 radical (unpaired) electrons. The Labute approximate surface area is 474 Å². The summed E-state index contributed by atoms with van der Waals surface area (Å²) in [5, 5.41) is 60.1. The maximum atomic E-state index is 14.4. The third-order valence-corrected chi connectivity index (χ3v) is 13.6. The predicted molar refractivity (Wildman–Crippen MR) is 291 cm³/mol. The summed E-state index contributed by atoms with van der Waals surface area (Å²) in [6.45, 7) is 11.5. The van der Waals surface area contributed by atoms with Crippen LogP contribution in [0.25, 0.3) is 0 Å². The van der Waals surface area contributed by atoms with Gasteiger partial charge in [0.25, 0.3) is 0 Å². The van der Waals surface area contributed by atoms with Gasteiger partial charge in [0.05, 0.1) is 51.0 Å². The molecular weight excluding hydrogens is 1060 g/mol. The molecule has 1 rings (SSSR count). The maximum Gasteiger partial charge on any atom is 0.245 e. The zero-order valence-electron chi connectivity index (χ0n) is 48.8. The summed E-state index contributed by atoms with van der Waals surface area (Å²) in [5.41, 5.74) is 18.9. The zero-order valence-corrected chi connectivity index (χ0v) is 48.8. The summed E-state index contributed by atoms with van der Waals surface area (Å²) in [4.78, 5) is 152. The van der Waals surface area contributed by atoms with Gasteiger partial charge >= 0.3 is 0 Å². The van der Waals surface area contributed by atoms with Crippen molar-refractivity contribution in [3.05, 3.63) is 0 Å². The fourth-order valence-electron chi connectivity index (χ4n) is 8.62. The molecule has 30 heteroatoms. The number of unbranched alkanes of at least 4 members (excludes halogenated alkanes) is 1. The minimum atomic E-state index is -1.68. The van der Waals surface area contributed by atoms with E-state index < -0.39 is 151 Å². The Balaban J connectivity index is 3.79. The highest BCUT2D eigenvalue weighted by Gasteiger charge is 2.38. The lowest BCUT2D eigenvalue weighted by molar-refractivity contribution is -0.369. The van der Waals surface area contributed by atoms with Crippen molar-refractivity contribution >= 4 is 65.0 Å². The van der Waals surface area contributed by atoms with Crippen molar-refractivity contribution in [1.82, 2.24) is 58.5 Å². The fourth-order valence-corrected chi connectivity index (χ4v) is 8.62. The molecule has 1 heterocycles. The average Bonchev–Trinajstić information content (AvgIpc) is 3.39. The number of hydrogen-bond acceptors (Lipinski definition) is 14. The second-order valence-electron chi connectivity index (χ2n) is 21.3. The lowest BCUT2D eigenvalue weighted by Crippen LogP contribution is -2.64. The summed E-state index contributed by atoms with van der Waals surface area (Å²) in [5.74, 6) is -9.43. The lowest BCUT2D eigenvalue weighted by Gasteiger charge is -2.29. The molecular formula is C51H101N16O14+5. The third kappa shape index (κ3) is 26.5. The highest BCUT2D eigenvalue weighted by atomic mass is 16.3. The molecule has 464 valence electrons. The topological polar surface area (TPSA) is 519 Å². The van der Waals surface area contributed by atoms with E-state index in [1.165, 1.54) is 20.8 Å². The number of quaternary nitrogens is 5. The van der Waals surface area contributed by atoms with Crippen LogP contribution in [-0.4, -0.2) is 198 Å². The maximum absolute atomic E-state index is 14.4. The van der Waals surface area contributed by atoms with E-state index in [-0.39, 0.29) is 89.5 Å². The Hall–Kier alpha value is -6.15. The van der Waals surface area contributed by atoms with Crippen LogP contribution in [0.1, 0.15) is 126 Å². The Kier molecular flexibility index (Phi) is 34.7. The fraction of sp³-hybridized carbons (Fsp3) is 0.784. The molecule has 81 heavy (non-hydrogen) atoms. The standard InChI is InChI=1S/C51H96N16O14/c1-8-27(4)11-9-10-12-38(71)58-31(13-19-52)46(76)66-40(29(6)69)50(80)63-34(16-22-55)43(73)61-36-18-24-57-49(79)39(28(5)68)65-47(77)35(17-23-56)60-42(72)33(15-21-54)62-51(81)41(30(7)70)67-48(78)37(25-26(2)3)64-44(74)32(14-20-53)59-45(36)75/h26-37,39-41,68-70H,8-25,52-56H2,1-7H3,(H,57,79)(H,58,71)(H,59,75)(H,60,72)(H,61,73)(H,62,81)(H,63,80)(H,64,74)(H,65,77)(H,66,76)(H,67,78)/p+5/t27?,28?,29?,30?,31-,32-,33-,34-,35-,36-,37+,39-,40-,41-/m0/s1. The monoisotopic (exact) mass is 1160 g/mol. The number of amides is 11. The molecule has 1 aliphatic rings. The lowest BCUT2D eigenvalue weighted by atomic mass is 10.0. The summed E-state index contributed by atoms with van der Waals surface area (Å²) < 4.78 is 0. The van der Waals surface area contributed by atoms with Gasteiger partial charge in [-0.05, 0) is 51.9 Å². The van der Waals surface area contributed by atoms with Gasteiger partial charge in [-0.3, -0.25) is 52.7 Å². The molecule has 0 saturated carbocycles. The van der Waals surface area contributed by atoms with Crippen LogP contribution >= 0.6 is 0 Å². The van der Waals surface area contributed by atoms with Crippen molar-refractivity contribution in [3.63, 3.8) is 0 Å². The van der Waals surface area contributed by atoms with Crippen molar-refractivity contribution in [2.45, 2.75) is 204 Å². The van der Waals surface area contributed by atoms with Crippen LogP contribution in [0.3, 0.4) is 0 Å². The van der Waals surface area contributed by atoms with Gasteiger partial charge in [0.1, 0.15) is 60.4 Å². The Bertz CT molecular complexity index is 2050. The van der Waals surface area contributed by atoms with Crippen molar-refractivity contribution < 1.29 is 96.7 Å². The molecule has 4 unspecified atom stereocenters. The Morgan fingerprint density at radius 1 is 0.531 bits per heavy atom. The van der Waals surface area contributed by atoms with E-state index in [2.05, 4.69) is 101 Å². The molecule has 0 aromatic rings. The van der Waals surface area contributed by atoms with Gasteiger partial charge in [-0.15, -0.1) is 0 Å². The van der Waals surface area contributed by atoms with E-state index in [0.717, 1.165) is 19.3 Å². The van der Waals surface area contributed by atoms with Crippen LogP contribution in [0.5, 0.6) is 0 Å². The van der Waals surface area contributed by atoms with Gasteiger partial charge in [-0.2, -0.15) is 0 Å². The normalized spacial score (nSPS) is 23.9. The van der Waals surface area contributed by atoms with Crippen molar-refractivity contribution in [1.29, 1.82) is 0 Å². The van der Waals surface area contributed by atoms with Crippen molar-refractivity contribution in [2.24, 2.45) is 11.8 Å². The third-order valence-electron chi connectivity index (χ3n) is 13.6. The first-order valence-corrected chi connectivity index (χ1v) is 28.5. The SMILES string of the molecule is CCC(C)CCCCC(=O)N[C@@H](CC[NH3+])C(=O)N[C@H](C(=O)N[C@@H](CC[NH3+])C(=O)N[C@H]1CCNC(=O)[C@H](C(C)O)NC(=O)[C@H](CC[NH3+])NC(=O)[C@H](CC[NH3+])NC(=O)[C@H](C(C)O)NC(=O)[C@@H](CC(C)C)NC(=O)[C@H](CC[NH3+])NC1=O)C(C)O. The van der Waals surface area contributed by atoms with Crippen molar-refractivity contribution in [3.8, 4) is 0 Å². The highest BCUT2D eigenvalue weighted by molar-refractivity contribution is 5.99. The van der Waals surface area contributed by atoms with Crippen LogP contribution in [0.4, 0.5) is 0 Å². The molecule has 0 spiro atoms. The summed E-state index contributed by atoms with van der Waals surface area (Å²) in [7, 11) is 0. The summed E-state index contributed by atoms with van der Waals surface area (Å²) >= 11 is 0. The van der Waals surface area contributed by atoms with E-state index in [1.54, 1.807) is 13.8 Å². The summed E-state index contributed by atoms with van der Waals surface area (Å²) in [6, 6.07) is -14.7. The molecule has 0 aromatic carbocycles. The number of aliphatic hydroxyl groups is 3. The van der Waals surface area contributed by atoms with Gasteiger partial charge < -0.3 is 102 Å². The highest BCUT2D eigenvalue weighted by Crippen LogP contribution is 2.13. The Morgan fingerprint density at radius 3 is 1.46 bits per heavy atom. The van der Waals surface area contributed by atoms with E-state index in [1.807, 2.05) is 0 Å². The van der Waals surface area contributed by atoms with Crippen LogP contribution < -0.4 is 87.2 Å². The minimum absolute atomic E-state index is 0.00400. The second kappa shape index (κ2) is 38.5. The van der Waals surface area contributed by atoms with E-state index in [4.69, 9.17) is 0 Å². The molecule has 0 bridgehead atoms. The first-order chi connectivity index (χ1) is 38.2. The van der Waals surface area contributed by atoms with Gasteiger partial charge in [0.2, 0.25) is 65.0 Å². The van der Waals surface area contributed by atoms with Gasteiger partial charge in [-0.1, -0.05) is 47.0 Å². The molecule has 1 saturated heterocycles. The number of rotatable bonds is 28. The number of carbonyl (C=O) groups excluding carboxylic acids is 11. The van der Waals surface area contributed by atoms with Crippen LogP contribution in [0.15, 0.2) is 0 Å². The average molecular weight is 1160 g/mol. The van der Waals surface area contributed by atoms with Gasteiger partial charge in [0, 0.05) is 45.1 Å². The number of aliphatic hydroxyl groups excluding tert-OH is 3. The van der Waals surface area contributed by atoms with E-state index in [9.17, 15) is 68.1 Å². The first-order valence-electron chi connectivity index (χ1n) is 28.5. The quantitative estimate of drug-likeness (QED) is 0.0324. The summed E-state index contributed by atoms with van der Waals surface area (Å²) in [6.07, 6.45) is -1.80. The van der Waals surface area contributed by atoms with Crippen molar-refractivity contribution in [2.75, 3.05) is 39.3 Å². The molecule has 30 nitrogen and oxygen atoms in total. The number of hydrogen-bond donors (Lipinski definition) is 19. The first kappa shape index (κ1) is 72.9. The van der Waals surface area contributed by atoms with E-state index >= 15 is 0 Å². The second-order valence-corrected chi connectivity index (χ2v) is 21.3. The largest absolute Gasteiger partial charge is 0.391 e. The molecule has 29 N–H and O–H groups in total. The smallest absolute Gasteiger partial charge is 0.245 e. The van der Waals surface area contributed by atoms with Crippen LogP contribution in [0, 0.1) is 11.8 Å². The number of carbonyl (C=O) groups is 11. The Morgan fingerprint density at radius 2 is 0.988 bits per heavy atom. The zero-order chi connectivity index (χ0) is 61.5. The molecule has 0 aromatic heterocycles. The molecule has 11 amide bonds. The van der Waals surface area contributed by atoms with Gasteiger partial charge in [-0.25, -0.2) is 0 Å².